The van der Waals surface area contributed by atoms with E-state index in [0.29, 0.717) is 13.2 Å². The number of fused-ring (bicyclic) bond motifs is 1. The topological polar surface area (TPSA) is 35.9 Å². The summed E-state index contributed by atoms with van der Waals surface area (Å²) in [6.45, 7) is 4.67. The number of rotatable bonds is 6. The summed E-state index contributed by atoms with van der Waals surface area (Å²) in [6.07, 6.45) is -0.506. The molecular formula is C23H25ClN2O2. The Morgan fingerprint density at radius 3 is 2.36 bits per heavy atom. The SMILES string of the molecule is O[C@H](COc1ccc2ccccc2c1)CN1CCN(c2ccc(Cl)cc2)CC1. The molecule has 1 fully saturated rings. The Morgan fingerprint density at radius 2 is 1.61 bits per heavy atom. The van der Waals surface area contributed by atoms with Crippen molar-refractivity contribution in [3.63, 3.8) is 0 Å². The molecule has 1 heterocycles. The summed E-state index contributed by atoms with van der Waals surface area (Å²) in [7, 11) is 0. The molecule has 1 saturated heterocycles. The van der Waals surface area contributed by atoms with E-state index >= 15 is 0 Å². The van der Waals surface area contributed by atoms with Crippen molar-refractivity contribution >= 4 is 28.1 Å². The number of halogens is 1. The number of benzene rings is 3. The van der Waals surface area contributed by atoms with Crippen LogP contribution in [0.15, 0.2) is 66.7 Å². The van der Waals surface area contributed by atoms with Crippen molar-refractivity contribution < 1.29 is 9.84 Å². The van der Waals surface area contributed by atoms with E-state index in [0.717, 1.165) is 42.3 Å². The molecule has 28 heavy (non-hydrogen) atoms. The van der Waals surface area contributed by atoms with Gasteiger partial charge in [0.2, 0.25) is 0 Å². The molecule has 146 valence electrons. The lowest BCUT2D eigenvalue weighted by atomic mass is 10.1. The predicted octanol–water partition coefficient (Wildman–Crippen LogP) is 4.06. The van der Waals surface area contributed by atoms with Gasteiger partial charge < -0.3 is 14.7 Å². The van der Waals surface area contributed by atoms with E-state index in [-0.39, 0.29) is 0 Å². The van der Waals surface area contributed by atoms with Gasteiger partial charge in [0, 0.05) is 43.4 Å². The summed E-state index contributed by atoms with van der Waals surface area (Å²) in [6, 6.07) is 22.2. The van der Waals surface area contributed by atoms with Crippen LogP contribution in [-0.4, -0.2) is 55.4 Å². The molecule has 4 rings (SSSR count). The molecule has 0 unspecified atom stereocenters. The van der Waals surface area contributed by atoms with Crippen LogP contribution in [-0.2, 0) is 0 Å². The lowest BCUT2D eigenvalue weighted by Gasteiger charge is -2.36. The average molecular weight is 397 g/mol. The Labute approximate surface area is 170 Å². The zero-order valence-electron chi connectivity index (χ0n) is 15.8. The van der Waals surface area contributed by atoms with Crippen LogP contribution in [0.2, 0.25) is 5.02 Å². The second-order valence-electron chi connectivity index (χ2n) is 7.24. The standard InChI is InChI=1S/C23H25ClN2O2/c24-20-6-8-21(9-7-20)26-13-11-25(12-14-26)16-22(27)17-28-23-10-5-18-3-1-2-4-19(18)15-23/h1-10,15,22,27H,11-14,16-17H2/t22-/m0/s1. The van der Waals surface area contributed by atoms with E-state index in [9.17, 15) is 5.11 Å². The van der Waals surface area contributed by atoms with Crippen LogP contribution in [0.1, 0.15) is 0 Å². The number of nitrogens with zero attached hydrogens (tertiary/aromatic N) is 2. The molecule has 3 aromatic carbocycles. The first kappa shape index (κ1) is 19.1. The molecule has 0 aliphatic carbocycles. The monoisotopic (exact) mass is 396 g/mol. The van der Waals surface area contributed by atoms with Crippen molar-refractivity contribution in [1.82, 2.24) is 4.90 Å². The third-order valence-corrected chi connectivity index (χ3v) is 5.45. The summed E-state index contributed by atoms with van der Waals surface area (Å²) >= 11 is 5.97. The number of ether oxygens (including phenoxy) is 1. The highest BCUT2D eigenvalue weighted by atomic mass is 35.5. The minimum absolute atomic E-state index is 0.301. The third-order valence-electron chi connectivity index (χ3n) is 5.20. The van der Waals surface area contributed by atoms with E-state index in [1.807, 2.05) is 42.5 Å². The maximum atomic E-state index is 10.4. The number of piperazine rings is 1. The van der Waals surface area contributed by atoms with Gasteiger partial charge in [0.05, 0.1) is 0 Å². The van der Waals surface area contributed by atoms with Crippen molar-refractivity contribution in [2.24, 2.45) is 0 Å². The van der Waals surface area contributed by atoms with Crippen molar-refractivity contribution in [2.45, 2.75) is 6.10 Å². The van der Waals surface area contributed by atoms with Gasteiger partial charge in [-0.05, 0) is 47.2 Å². The molecule has 0 bridgehead atoms. The van der Waals surface area contributed by atoms with Crippen LogP contribution in [0.4, 0.5) is 5.69 Å². The van der Waals surface area contributed by atoms with Gasteiger partial charge in [0.15, 0.2) is 0 Å². The number of aliphatic hydroxyl groups is 1. The van der Waals surface area contributed by atoms with Gasteiger partial charge in [-0.15, -0.1) is 0 Å². The van der Waals surface area contributed by atoms with Crippen molar-refractivity contribution in [3.8, 4) is 5.75 Å². The van der Waals surface area contributed by atoms with Crippen molar-refractivity contribution in [3.05, 3.63) is 71.8 Å². The first-order valence-corrected chi connectivity index (χ1v) is 10.1. The summed E-state index contributed by atoms with van der Waals surface area (Å²) < 4.78 is 5.82. The highest BCUT2D eigenvalue weighted by Crippen LogP contribution is 2.21. The van der Waals surface area contributed by atoms with Crippen LogP contribution in [0.5, 0.6) is 5.75 Å². The third kappa shape index (κ3) is 4.76. The molecule has 0 aromatic heterocycles. The van der Waals surface area contributed by atoms with E-state index in [4.69, 9.17) is 16.3 Å². The second-order valence-corrected chi connectivity index (χ2v) is 7.67. The van der Waals surface area contributed by atoms with Gasteiger partial charge in [0.25, 0.3) is 0 Å². The predicted molar refractivity (Wildman–Crippen MR) is 116 cm³/mol. The molecular weight excluding hydrogens is 372 g/mol. The maximum Gasteiger partial charge on any atom is 0.120 e. The van der Waals surface area contributed by atoms with E-state index in [2.05, 4.69) is 34.1 Å². The molecule has 3 aromatic rings. The fraction of sp³-hybridized carbons (Fsp3) is 0.304. The van der Waals surface area contributed by atoms with Gasteiger partial charge in [-0.3, -0.25) is 4.90 Å². The Kier molecular flexibility index (Phi) is 6.01. The van der Waals surface area contributed by atoms with Crippen LogP contribution >= 0.6 is 11.6 Å². The number of β-amino-alcohol motifs (C(OH)–C–C–N with tert-alkyl or cyclic N) is 1. The molecule has 1 aliphatic rings. The zero-order valence-corrected chi connectivity index (χ0v) is 16.6. The highest BCUT2D eigenvalue weighted by molar-refractivity contribution is 6.30. The molecule has 1 N–H and O–H groups in total. The summed E-state index contributed by atoms with van der Waals surface area (Å²) in [5, 5.41) is 13.5. The quantitative estimate of drug-likeness (QED) is 0.681. The highest BCUT2D eigenvalue weighted by Gasteiger charge is 2.19. The van der Waals surface area contributed by atoms with Crippen molar-refractivity contribution in [1.29, 1.82) is 0 Å². The Morgan fingerprint density at radius 1 is 0.893 bits per heavy atom. The minimum atomic E-state index is -0.506. The van der Waals surface area contributed by atoms with Crippen LogP contribution in [0, 0.1) is 0 Å². The summed E-state index contributed by atoms with van der Waals surface area (Å²) in [5.41, 5.74) is 1.20. The minimum Gasteiger partial charge on any atom is -0.491 e. The summed E-state index contributed by atoms with van der Waals surface area (Å²) in [5.74, 6) is 0.797. The van der Waals surface area contributed by atoms with Gasteiger partial charge in [0.1, 0.15) is 18.5 Å². The summed E-state index contributed by atoms with van der Waals surface area (Å²) in [4.78, 5) is 4.64. The van der Waals surface area contributed by atoms with E-state index in [1.165, 1.54) is 11.1 Å². The lowest BCUT2D eigenvalue weighted by Crippen LogP contribution is -2.49. The molecule has 0 radical (unpaired) electrons. The van der Waals surface area contributed by atoms with Crippen molar-refractivity contribution in [2.75, 3.05) is 44.2 Å². The molecule has 0 spiro atoms. The molecule has 4 nitrogen and oxygen atoms in total. The van der Waals surface area contributed by atoms with Crippen LogP contribution in [0.25, 0.3) is 10.8 Å². The smallest absolute Gasteiger partial charge is 0.120 e. The average Bonchev–Trinajstić information content (AvgIpc) is 2.73. The van der Waals surface area contributed by atoms with Gasteiger partial charge in [-0.25, -0.2) is 0 Å². The molecule has 0 saturated carbocycles. The number of hydrogen-bond donors (Lipinski definition) is 1. The number of hydrogen-bond acceptors (Lipinski definition) is 4. The molecule has 1 aliphatic heterocycles. The Hall–Kier alpha value is -2.27. The van der Waals surface area contributed by atoms with Gasteiger partial charge in [-0.2, -0.15) is 0 Å². The first-order chi connectivity index (χ1) is 13.7. The van der Waals surface area contributed by atoms with Gasteiger partial charge in [-0.1, -0.05) is 41.9 Å². The lowest BCUT2D eigenvalue weighted by molar-refractivity contribution is 0.0663. The van der Waals surface area contributed by atoms with E-state index < -0.39 is 6.10 Å². The Balaban J connectivity index is 1.24. The van der Waals surface area contributed by atoms with Crippen LogP contribution < -0.4 is 9.64 Å². The van der Waals surface area contributed by atoms with Gasteiger partial charge >= 0.3 is 0 Å². The Bertz CT molecular complexity index is 908. The molecule has 5 heteroatoms. The number of aliphatic hydroxyl groups excluding tert-OH is 1. The second kappa shape index (κ2) is 8.82. The van der Waals surface area contributed by atoms with E-state index in [1.54, 1.807) is 0 Å². The fourth-order valence-corrected chi connectivity index (χ4v) is 3.77. The molecule has 0 amide bonds. The van der Waals surface area contributed by atoms with Crippen LogP contribution in [0.3, 0.4) is 0 Å². The first-order valence-electron chi connectivity index (χ1n) is 9.70. The zero-order chi connectivity index (χ0) is 19.3. The fourth-order valence-electron chi connectivity index (χ4n) is 3.64. The number of anilines is 1. The largest absolute Gasteiger partial charge is 0.491 e. The normalized spacial score (nSPS) is 16.3. The maximum absolute atomic E-state index is 10.4. The molecule has 1 atom stereocenters.